The molecule has 2 aliphatic rings. The Morgan fingerprint density at radius 1 is 0.893 bits per heavy atom. The van der Waals surface area contributed by atoms with Gasteiger partial charge < -0.3 is 14.3 Å². The first-order valence-corrected chi connectivity index (χ1v) is 9.59. The van der Waals surface area contributed by atoms with Crippen LogP contribution in [0.4, 0.5) is 0 Å². The van der Waals surface area contributed by atoms with Crippen LogP contribution in [0.25, 0.3) is 33.1 Å². The molecule has 4 heteroatoms. The van der Waals surface area contributed by atoms with Crippen molar-refractivity contribution in [2.75, 3.05) is 6.61 Å². The minimum absolute atomic E-state index is 0.0393. The van der Waals surface area contributed by atoms with E-state index in [1.165, 1.54) is 11.1 Å². The second-order valence-corrected chi connectivity index (χ2v) is 7.66. The Bertz CT molecular complexity index is 1330. The Labute approximate surface area is 161 Å². The Kier molecular flexibility index (Phi) is 3.31. The molecule has 6 rings (SSSR count). The van der Waals surface area contributed by atoms with E-state index in [9.17, 15) is 9.90 Å². The van der Waals surface area contributed by atoms with Gasteiger partial charge in [0.25, 0.3) is 0 Å². The zero-order valence-electron chi connectivity index (χ0n) is 15.2. The highest BCUT2D eigenvalue weighted by molar-refractivity contribution is 5.94. The fourth-order valence-corrected chi connectivity index (χ4v) is 4.58. The maximum absolute atomic E-state index is 13.1. The minimum atomic E-state index is -0.610. The Balaban J connectivity index is 1.67. The van der Waals surface area contributed by atoms with E-state index in [2.05, 4.69) is 12.1 Å². The molecule has 4 aromatic rings. The first kappa shape index (κ1) is 16.0. The van der Waals surface area contributed by atoms with Gasteiger partial charge in [0, 0.05) is 6.42 Å². The van der Waals surface area contributed by atoms with E-state index in [-0.39, 0.29) is 5.43 Å². The fourth-order valence-electron chi connectivity index (χ4n) is 4.58. The van der Waals surface area contributed by atoms with Crippen molar-refractivity contribution in [2.45, 2.75) is 25.6 Å². The Hall–Kier alpha value is -2.95. The van der Waals surface area contributed by atoms with Crippen molar-refractivity contribution in [3.63, 3.8) is 0 Å². The lowest BCUT2D eigenvalue weighted by molar-refractivity contribution is 0.110. The van der Waals surface area contributed by atoms with E-state index in [1.54, 1.807) is 12.1 Å². The molecule has 0 saturated carbocycles. The van der Waals surface area contributed by atoms with Gasteiger partial charge in [-0.3, -0.25) is 4.79 Å². The van der Waals surface area contributed by atoms with Gasteiger partial charge in [-0.05, 0) is 70.1 Å². The monoisotopic (exact) mass is 370 g/mol. The van der Waals surface area contributed by atoms with Crippen LogP contribution >= 0.6 is 0 Å². The Morgan fingerprint density at radius 2 is 1.79 bits per heavy atom. The maximum Gasteiger partial charge on any atom is 0.200 e. The largest absolute Gasteiger partial charge is 0.456 e. The van der Waals surface area contributed by atoms with Crippen molar-refractivity contribution in [1.82, 2.24) is 0 Å². The molecule has 1 unspecified atom stereocenters. The molecule has 1 aliphatic carbocycles. The summed E-state index contributed by atoms with van der Waals surface area (Å²) < 4.78 is 11.6. The number of ether oxygens (including phenoxy) is 1. The van der Waals surface area contributed by atoms with Crippen molar-refractivity contribution < 1.29 is 14.3 Å². The van der Waals surface area contributed by atoms with Crippen LogP contribution in [0, 0.1) is 0 Å². The van der Waals surface area contributed by atoms with Gasteiger partial charge in [0.05, 0.1) is 30.1 Å². The molecule has 2 heterocycles. The van der Waals surface area contributed by atoms with Gasteiger partial charge in [-0.2, -0.15) is 0 Å². The summed E-state index contributed by atoms with van der Waals surface area (Å²) in [4.78, 5) is 13.1. The third kappa shape index (κ3) is 2.22. The van der Waals surface area contributed by atoms with Crippen LogP contribution in [0.5, 0.6) is 0 Å². The molecule has 1 aliphatic heterocycles. The predicted molar refractivity (Wildman–Crippen MR) is 107 cm³/mol. The van der Waals surface area contributed by atoms with Crippen LogP contribution < -0.4 is 5.43 Å². The SMILES string of the molecule is O=c1c2ccccc2oc2cc3c(cc12)-c1cc2c(cc1CC3O)CCOC2. The number of hydrogen-bond acceptors (Lipinski definition) is 4. The van der Waals surface area contributed by atoms with E-state index in [0.717, 1.165) is 35.3 Å². The normalized spacial score (nSPS) is 18.0. The van der Waals surface area contributed by atoms with Gasteiger partial charge in [-0.1, -0.05) is 18.2 Å². The standard InChI is InChI=1S/C24H18O4/c25-21-9-14-7-13-5-6-27-12-15(13)8-17(14)18-10-20-23(11-19(18)21)28-22-4-2-1-3-16(22)24(20)26/h1-4,7-8,10-11,21,25H,5-6,9,12H2. The summed E-state index contributed by atoms with van der Waals surface area (Å²) in [6, 6.07) is 15.4. The highest BCUT2D eigenvalue weighted by Crippen LogP contribution is 2.42. The lowest BCUT2D eigenvalue weighted by Crippen LogP contribution is -2.16. The molecule has 28 heavy (non-hydrogen) atoms. The number of rotatable bonds is 0. The molecule has 1 N–H and O–H groups in total. The first-order chi connectivity index (χ1) is 13.7. The van der Waals surface area contributed by atoms with Gasteiger partial charge in [-0.15, -0.1) is 0 Å². The Morgan fingerprint density at radius 3 is 2.71 bits per heavy atom. The molecule has 1 aromatic heterocycles. The summed E-state index contributed by atoms with van der Waals surface area (Å²) in [7, 11) is 0. The van der Waals surface area contributed by atoms with E-state index >= 15 is 0 Å². The van der Waals surface area contributed by atoms with Crippen molar-refractivity contribution in [1.29, 1.82) is 0 Å². The molecule has 0 amide bonds. The van der Waals surface area contributed by atoms with Crippen LogP contribution in [0.3, 0.4) is 0 Å². The number of aliphatic hydroxyl groups is 1. The van der Waals surface area contributed by atoms with Crippen LogP contribution in [0.15, 0.2) is 57.7 Å². The highest BCUT2D eigenvalue weighted by atomic mass is 16.5. The van der Waals surface area contributed by atoms with Crippen LogP contribution in [0.1, 0.15) is 28.4 Å². The number of benzene rings is 3. The summed E-state index contributed by atoms with van der Waals surface area (Å²) >= 11 is 0. The zero-order chi connectivity index (χ0) is 18.8. The van der Waals surface area contributed by atoms with Crippen LogP contribution in [0.2, 0.25) is 0 Å². The number of aliphatic hydroxyl groups excluding tert-OH is 1. The fraction of sp³-hybridized carbons (Fsp3) is 0.208. The second-order valence-electron chi connectivity index (χ2n) is 7.66. The van der Waals surface area contributed by atoms with Crippen LogP contribution in [-0.4, -0.2) is 11.7 Å². The first-order valence-electron chi connectivity index (χ1n) is 9.59. The quantitative estimate of drug-likeness (QED) is 0.470. The molecule has 0 fully saturated rings. The molecule has 0 bridgehead atoms. The highest BCUT2D eigenvalue weighted by Gasteiger charge is 2.27. The summed E-state index contributed by atoms with van der Waals surface area (Å²) in [6.45, 7) is 1.35. The van der Waals surface area contributed by atoms with Gasteiger partial charge in [0.15, 0.2) is 0 Å². The summed E-state index contributed by atoms with van der Waals surface area (Å²) in [5.74, 6) is 0. The van der Waals surface area contributed by atoms with Gasteiger partial charge in [-0.25, -0.2) is 0 Å². The van der Waals surface area contributed by atoms with E-state index in [4.69, 9.17) is 9.15 Å². The van der Waals surface area contributed by atoms with Crippen molar-refractivity contribution in [2.24, 2.45) is 0 Å². The zero-order valence-corrected chi connectivity index (χ0v) is 15.2. The average Bonchev–Trinajstić information content (AvgIpc) is 2.72. The predicted octanol–water partition coefficient (Wildman–Crippen LogP) is 4.28. The van der Waals surface area contributed by atoms with E-state index in [0.29, 0.717) is 35.0 Å². The molecule has 3 aromatic carbocycles. The lowest BCUT2D eigenvalue weighted by Gasteiger charge is -2.27. The topological polar surface area (TPSA) is 59.7 Å². The third-order valence-corrected chi connectivity index (χ3v) is 6.01. The molecule has 4 nitrogen and oxygen atoms in total. The van der Waals surface area contributed by atoms with Crippen molar-refractivity contribution in [3.05, 3.63) is 81.0 Å². The van der Waals surface area contributed by atoms with Gasteiger partial charge in [0.1, 0.15) is 11.2 Å². The average molecular weight is 370 g/mol. The third-order valence-electron chi connectivity index (χ3n) is 6.01. The van der Waals surface area contributed by atoms with Crippen LogP contribution in [-0.2, 0) is 24.2 Å². The molecule has 0 saturated heterocycles. The number of para-hydroxylation sites is 1. The molecule has 0 radical (unpaired) electrons. The molecule has 1 atom stereocenters. The molecular weight excluding hydrogens is 352 g/mol. The summed E-state index contributed by atoms with van der Waals surface area (Å²) in [6.07, 6.45) is 0.861. The molecular formula is C24H18O4. The van der Waals surface area contributed by atoms with Gasteiger partial charge in [0.2, 0.25) is 5.43 Å². The van der Waals surface area contributed by atoms with E-state index in [1.807, 2.05) is 24.3 Å². The van der Waals surface area contributed by atoms with Crippen molar-refractivity contribution >= 4 is 21.9 Å². The maximum atomic E-state index is 13.1. The van der Waals surface area contributed by atoms with Gasteiger partial charge >= 0.3 is 0 Å². The van der Waals surface area contributed by atoms with Crippen molar-refractivity contribution in [3.8, 4) is 11.1 Å². The summed E-state index contributed by atoms with van der Waals surface area (Å²) in [5, 5.41) is 11.9. The summed E-state index contributed by atoms with van der Waals surface area (Å²) in [5.41, 5.74) is 7.48. The molecule has 138 valence electrons. The second kappa shape index (κ2) is 5.77. The lowest BCUT2D eigenvalue weighted by atomic mass is 9.80. The minimum Gasteiger partial charge on any atom is -0.456 e. The number of hydrogen-bond donors (Lipinski definition) is 1. The van der Waals surface area contributed by atoms with E-state index < -0.39 is 6.10 Å². The number of fused-ring (bicyclic) bond motifs is 6. The molecule has 0 spiro atoms. The smallest absolute Gasteiger partial charge is 0.200 e.